The van der Waals surface area contributed by atoms with E-state index in [1.165, 1.54) is 0 Å². The number of nitrogens with zero attached hydrogens (tertiary/aromatic N) is 4. The van der Waals surface area contributed by atoms with E-state index in [1.54, 1.807) is 18.2 Å². The molecular formula is C24H34Cl2N8OS. The number of benzene rings is 1. The van der Waals surface area contributed by atoms with E-state index in [0.29, 0.717) is 28.1 Å². The summed E-state index contributed by atoms with van der Waals surface area (Å²) in [4.78, 5) is 26.7. The van der Waals surface area contributed by atoms with Crippen molar-refractivity contribution in [2.24, 2.45) is 5.41 Å². The maximum atomic E-state index is 12.5. The fourth-order valence-electron chi connectivity index (χ4n) is 4.03. The number of aromatic nitrogens is 2. The van der Waals surface area contributed by atoms with Gasteiger partial charge in [-0.05, 0) is 58.7 Å². The highest BCUT2D eigenvalue weighted by Gasteiger charge is 2.41. The van der Waals surface area contributed by atoms with Gasteiger partial charge in [0.2, 0.25) is 5.95 Å². The number of anilines is 3. The minimum absolute atomic E-state index is 0.192. The van der Waals surface area contributed by atoms with Gasteiger partial charge in [0, 0.05) is 43.6 Å². The van der Waals surface area contributed by atoms with E-state index in [1.807, 2.05) is 27.1 Å². The first kappa shape index (κ1) is 28.3. The molecule has 0 saturated carbocycles. The number of rotatable bonds is 10. The van der Waals surface area contributed by atoms with Crippen LogP contribution in [0.5, 0.6) is 0 Å². The Morgan fingerprint density at radius 1 is 1.19 bits per heavy atom. The molecule has 1 saturated heterocycles. The molecule has 0 radical (unpaired) electrons. The van der Waals surface area contributed by atoms with Gasteiger partial charge in [-0.1, -0.05) is 42.3 Å². The minimum Gasteiger partial charge on any atom is -0.378 e. The second-order valence-corrected chi connectivity index (χ2v) is 10.5. The lowest BCUT2D eigenvalue weighted by Crippen LogP contribution is -2.47. The monoisotopic (exact) mass is 552 g/mol. The lowest BCUT2D eigenvalue weighted by molar-refractivity contribution is 0.262. The SMILES string of the molecule is CCN1CCC(CNc2cc(C)nc(NC(=O)Nc3ccc(Cl)c(Cl)c3)n2)(C(=S)NCCN(C)C)C1. The first-order valence-electron chi connectivity index (χ1n) is 11.9. The maximum absolute atomic E-state index is 12.5. The average Bonchev–Trinajstić information content (AvgIpc) is 3.24. The number of amides is 2. The molecule has 0 aliphatic carbocycles. The molecule has 0 bridgehead atoms. The average molecular weight is 554 g/mol. The fraction of sp³-hybridized carbons (Fsp3) is 0.500. The molecule has 1 aromatic heterocycles. The summed E-state index contributed by atoms with van der Waals surface area (Å²) in [6.07, 6.45) is 0.961. The smallest absolute Gasteiger partial charge is 0.326 e. The summed E-state index contributed by atoms with van der Waals surface area (Å²) >= 11 is 17.8. The molecule has 9 nitrogen and oxygen atoms in total. The van der Waals surface area contributed by atoms with Crippen molar-refractivity contribution in [3.05, 3.63) is 40.0 Å². The molecule has 2 heterocycles. The van der Waals surface area contributed by atoms with Crippen LogP contribution in [0.1, 0.15) is 19.0 Å². The molecule has 0 spiro atoms. The molecular weight excluding hydrogens is 519 g/mol. The zero-order valence-electron chi connectivity index (χ0n) is 21.1. The van der Waals surface area contributed by atoms with Crippen molar-refractivity contribution in [1.82, 2.24) is 25.1 Å². The molecule has 4 N–H and O–H groups in total. The third-order valence-electron chi connectivity index (χ3n) is 6.07. The van der Waals surface area contributed by atoms with Crippen molar-refractivity contribution in [2.45, 2.75) is 20.3 Å². The van der Waals surface area contributed by atoms with E-state index in [4.69, 9.17) is 35.4 Å². The Morgan fingerprint density at radius 3 is 2.64 bits per heavy atom. The number of likely N-dealkylation sites (N-methyl/N-ethyl adjacent to an activating group) is 1. The second-order valence-electron chi connectivity index (χ2n) is 9.24. The summed E-state index contributed by atoms with van der Waals surface area (Å²) in [7, 11) is 4.09. The number of halogens is 2. The lowest BCUT2D eigenvalue weighted by Gasteiger charge is -2.31. The van der Waals surface area contributed by atoms with Gasteiger partial charge in [0.25, 0.3) is 0 Å². The predicted octanol–water partition coefficient (Wildman–Crippen LogP) is 4.34. The summed E-state index contributed by atoms with van der Waals surface area (Å²) in [6, 6.07) is 6.22. The van der Waals surface area contributed by atoms with Crippen molar-refractivity contribution in [3.8, 4) is 0 Å². The van der Waals surface area contributed by atoms with Crippen LogP contribution in [0.2, 0.25) is 10.0 Å². The summed E-state index contributed by atoms with van der Waals surface area (Å²) in [5.41, 5.74) is 1.03. The summed E-state index contributed by atoms with van der Waals surface area (Å²) < 4.78 is 0. The van der Waals surface area contributed by atoms with Crippen molar-refractivity contribution in [1.29, 1.82) is 0 Å². The van der Waals surface area contributed by atoms with E-state index in [9.17, 15) is 4.79 Å². The van der Waals surface area contributed by atoms with Gasteiger partial charge in [-0.3, -0.25) is 5.32 Å². The Hall–Kier alpha value is -2.24. The van der Waals surface area contributed by atoms with E-state index in [-0.39, 0.29) is 11.4 Å². The normalized spacial score (nSPS) is 17.8. The molecule has 3 rings (SSSR count). The van der Waals surface area contributed by atoms with Crippen LogP contribution in [0.4, 0.5) is 22.2 Å². The van der Waals surface area contributed by atoms with Gasteiger partial charge in [0.05, 0.1) is 20.4 Å². The number of carbonyl (C=O) groups excluding carboxylic acids is 1. The van der Waals surface area contributed by atoms with Crippen LogP contribution in [0, 0.1) is 12.3 Å². The Balaban J connectivity index is 1.66. The molecule has 36 heavy (non-hydrogen) atoms. The van der Waals surface area contributed by atoms with Crippen LogP contribution >= 0.6 is 35.4 Å². The summed E-state index contributed by atoms with van der Waals surface area (Å²) in [5.74, 6) is 0.815. The van der Waals surface area contributed by atoms with Gasteiger partial charge in [0.1, 0.15) is 5.82 Å². The van der Waals surface area contributed by atoms with Crippen molar-refractivity contribution >= 4 is 63.9 Å². The molecule has 2 amide bonds. The molecule has 12 heteroatoms. The van der Waals surface area contributed by atoms with Crippen LogP contribution in [0.3, 0.4) is 0 Å². The van der Waals surface area contributed by atoms with Gasteiger partial charge >= 0.3 is 6.03 Å². The summed E-state index contributed by atoms with van der Waals surface area (Å²) in [5, 5.41) is 13.1. The number of likely N-dealkylation sites (tertiary alicyclic amines) is 1. The molecule has 1 atom stereocenters. The first-order valence-corrected chi connectivity index (χ1v) is 13.0. The standard InChI is InChI=1S/C24H34Cl2N8OS/c1-5-34-10-8-24(15-34,21(36)27-9-11-33(3)4)14-28-20-12-16(2)29-22(31-20)32-23(35)30-17-6-7-18(25)19(26)13-17/h6-7,12-13H,5,8-11,14-15H2,1-4H3,(H,27,36)(H3,28,29,30,31,32,35). The third-order valence-corrected chi connectivity index (χ3v) is 7.39. The Labute approximate surface area is 228 Å². The molecule has 1 unspecified atom stereocenters. The number of nitrogens with one attached hydrogen (secondary N) is 4. The van der Waals surface area contributed by atoms with Crippen molar-refractivity contribution in [3.63, 3.8) is 0 Å². The Bertz CT molecular complexity index is 1090. The second kappa shape index (κ2) is 12.8. The third kappa shape index (κ3) is 7.88. The molecule has 1 aliphatic heterocycles. The number of urea groups is 1. The van der Waals surface area contributed by atoms with Crippen LogP contribution in [0.25, 0.3) is 0 Å². The van der Waals surface area contributed by atoms with Crippen LogP contribution in [0.15, 0.2) is 24.3 Å². The molecule has 1 fully saturated rings. The number of hydrogen-bond acceptors (Lipinski definition) is 7. The highest BCUT2D eigenvalue weighted by molar-refractivity contribution is 7.80. The minimum atomic E-state index is -0.484. The topological polar surface area (TPSA) is 97.4 Å². The molecule has 196 valence electrons. The van der Waals surface area contributed by atoms with Crippen LogP contribution < -0.4 is 21.3 Å². The Morgan fingerprint density at radius 2 is 1.97 bits per heavy atom. The lowest BCUT2D eigenvalue weighted by atomic mass is 9.86. The van der Waals surface area contributed by atoms with E-state index in [0.717, 1.165) is 49.8 Å². The number of thiocarbonyl (C=S) groups is 1. The number of hydrogen-bond donors (Lipinski definition) is 4. The van der Waals surface area contributed by atoms with Crippen LogP contribution in [-0.2, 0) is 0 Å². The first-order chi connectivity index (χ1) is 17.1. The molecule has 2 aromatic rings. The van der Waals surface area contributed by atoms with Gasteiger partial charge in [-0.25, -0.2) is 9.78 Å². The molecule has 1 aliphatic rings. The van der Waals surface area contributed by atoms with Crippen molar-refractivity contribution in [2.75, 3.05) is 69.3 Å². The predicted molar refractivity (Wildman–Crippen MR) is 153 cm³/mol. The highest BCUT2D eigenvalue weighted by atomic mass is 35.5. The van der Waals surface area contributed by atoms with Gasteiger partial charge in [0.15, 0.2) is 0 Å². The zero-order valence-corrected chi connectivity index (χ0v) is 23.4. The van der Waals surface area contributed by atoms with E-state index < -0.39 is 6.03 Å². The Kier molecular flexibility index (Phi) is 10.1. The quantitative estimate of drug-likeness (QED) is 0.323. The van der Waals surface area contributed by atoms with Crippen molar-refractivity contribution < 1.29 is 4.79 Å². The van der Waals surface area contributed by atoms with E-state index >= 15 is 0 Å². The number of carbonyl (C=O) groups is 1. The van der Waals surface area contributed by atoms with E-state index in [2.05, 4.69) is 48.0 Å². The zero-order chi connectivity index (χ0) is 26.3. The largest absolute Gasteiger partial charge is 0.378 e. The maximum Gasteiger partial charge on any atom is 0.326 e. The number of aryl methyl sites for hydroxylation is 1. The van der Waals surface area contributed by atoms with Gasteiger partial charge in [-0.2, -0.15) is 4.98 Å². The fourth-order valence-corrected chi connectivity index (χ4v) is 4.67. The van der Waals surface area contributed by atoms with Crippen LogP contribution in [-0.4, -0.2) is 84.2 Å². The summed E-state index contributed by atoms with van der Waals surface area (Å²) in [6.45, 7) is 9.22. The highest BCUT2D eigenvalue weighted by Crippen LogP contribution is 2.32. The molecule has 1 aromatic carbocycles. The van der Waals surface area contributed by atoms with Gasteiger partial charge < -0.3 is 25.8 Å². The van der Waals surface area contributed by atoms with Gasteiger partial charge in [-0.15, -0.1) is 0 Å².